The number of carbonyl (C=O) groups is 1. The molecule has 1 atom stereocenters. The molecule has 3 heteroatoms. The fourth-order valence-corrected chi connectivity index (χ4v) is 1.15. The lowest BCUT2D eigenvalue weighted by Gasteiger charge is -2.22. The fraction of sp³-hybridized carbons (Fsp3) is 0.875. The maximum atomic E-state index is 10.5. The van der Waals surface area contributed by atoms with Crippen LogP contribution >= 0.6 is 0 Å². The number of amides is 1. The molecule has 0 bridgehead atoms. The summed E-state index contributed by atoms with van der Waals surface area (Å²) in [6.07, 6.45) is 2.18. The highest BCUT2D eigenvalue weighted by molar-refractivity contribution is 5.72. The largest absolute Gasteiger partial charge is 0.388 e. The molecular weight excluding hydrogens is 142 g/mol. The predicted molar refractivity (Wildman–Crippen MR) is 42.0 cm³/mol. The number of hydrogen-bond acceptors (Lipinski definition) is 2. The molecule has 0 spiro atoms. The SMILES string of the molecule is CC(=O)NCC(C)(O)C1CC1. The number of carbonyl (C=O) groups excluding carboxylic acids is 1. The molecule has 0 radical (unpaired) electrons. The number of aliphatic hydroxyl groups is 1. The highest BCUT2D eigenvalue weighted by Crippen LogP contribution is 2.38. The van der Waals surface area contributed by atoms with Gasteiger partial charge in [-0.1, -0.05) is 0 Å². The molecule has 0 saturated heterocycles. The zero-order valence-electron chi connectivity index (χ0n) is 7.05. The number of hydrogen-bond donors (Lipinski definition) is 2. The smallest absolute Gasteiger partial charge is 0.216 e. The highest BCUT2D eigenvalue weighted by atomic mass is 16.3. The molecule has 64 valence electrons. The Labute approximate surface area is 66.8 Å². The maximum absolute atomic E-state index is 10.5. The zero-order chi connectivity index (χ0) is 8.48. The maximum Gasteiger partial charge on any atom is 0.216 e. The lowest BCUT2D eigenvalue weighted by Crippen LogP contribution is -2.41. The van der Waals surface area contributed by atoms with Gasteiger partial charge in [-0.15, -0.1) is 0 Å². The molecule has 1 aliphatic carbocycles. The van der Waals surface area contributed by atoms with Gasteiger partial charge in [0.25, 0.3) is 0 Å². The summed E-state index contributed by atoms with van der Waals surface area (Å²) in [5, 5.41) is 12.3. The Morgan fingerprint density at radius 1 is 1.73 bits per heavy atom. The van der Waals surface area contributed by atoms with Gasteiger partial charge in [-0.3, -0.25) is 4.79 Å². The molecule has 0 aliphatic heterocycles. The lowest BCUT2D eigenvalue weighted by molar-refractivity contribution is -0.120. The summed E-state index contributed by atoms with van der Waals surface area (Å²) in [7, 11) is 0. The van der Waals surface area contributed by atoms with E-state index >= 15 is 0 Å². The van der Waals surface area contributed by atoms with Gasteiger partial charge >= 0.3 is 0 Å². The first-order valence-corrected chi connectivity index (χ1v) is 3.99. The molecule has 0 aromatic rings. The average Bonchev–Trinajstić information content (AvgIpc) is 2.64. The van der Waals surface area contributed by atoms with Crippen LogP contribution in [0.5, 0.6) is 0 Å². The molecule has 11 heavy (non-hydrogen) atoms. The Hall–Kier alpha value is -0.570. The van der Waals surface area contributed by atoms with E-state index in [-0.39, 0.29) is 5.91 Å². The van der Waals surface area contributed by atoms with Crippen molar-refractivity contribution in [3.63, 3.8) is 0 Å². The minimum atomic E-state index is -0.689. The number of rotatable bonds is 3. The molecule has 1 rings (SSSR count). The van der Waals surface area contributed by atoms with Crippen LogP contribution in [0.15, 0.2) is 0 Å². The van der Waals surface area contributed by atoms with Gasteiger partial charge in [0.1, 0.15) is 0 Å². The third-order valence-electron chi connectivity index (χ3n) is 2.15. The van der Waals surface area contributed by atoms with Crippen molar-refractivity contribution in [1.82, 2.24) is 5.32 Å². The molecule has 0 aromatic carbocycles. The summed E-state index contributed by atoms with van der Waals surface area (Å²) >= 11 is 0. The third kappa shape index (κ3) is 2.50. The molecular formula is C8H15NO2. The second-order valence-corrected chi connectivity index (χ2v) is 3.54. The van der Waals surface area contributed by atoms with Crippen LogP contribution in [0.1, 0.15) is 26.7 Å². The summed E-state index contributed by atoms with van der Waals surface area (Å²) in [5.41, 5.74) is -0.689. The van der Waals surface area contributed by atoms with E-state index in [1.807, 2.05) is 0 Å². The molecule has 1 unspecified atom stereocenters. The molecule has 2 N–H and O–H groups in total. The van der Waals surface area contributed by atoms with Gasteiger partial charge in [-0.25, -0.2) is 0 Å². The topological polar surface area (TPSA) is 49.3 Å². The standard InChI is InChI=1S/C8H15NO2/c1-6(10)9-5-8(2,11)7-3-4-7/h7,11H,3-5H2,1-2H3,(H,9,10). The quantitative estimate of drug-likeness (QED) is 0.618. The van der Waals surface area contributed by atoms with Gasteiger partial charge in [0.2, 0.25) is 5.91 Å². The van der Waals surface area contributed by atoms with E-state index in [2.05, 4.69) is 5.32 Å². The van der Waals surface area contributed by atoms with E-state index in [9.17, 15) is 9.90 Å². The summed E-state index contributed by atoms with van der Waals surface area (Å²) in [4.78, 5) is 10.5. The van der Waals surface area contributed by atoms with Crippen LogP contribution in [0, 0.1) is 5.92 Å². The van der Waals surface area contributed by atoms with E-state index in [0.29, 0.717) is 12.5 Å². The molecule has 0 aromatic heterocycles. The van der Waals surface area contributed by atoms with Crippen molar-refractivity contribution < 1.29 is 9.90 Å². The third-order valence-corrected chi connectivity index (χ3v) is 2.15. The molecule has 1 saturated carbocycles. The molecule has 1 amide bonds. The van der Waals surface area contributed by atoms with Gasteiger partial charge in [0, 0.05) is 13.5 Å². The van der Waals surface area contributed by atoms with E-state index in [0.717, 1.165) is 12.8 Å². The van der Waals surface area contributed by atoms with E-state index in [4.69, 9.17) is 0 Å². The van der Waals surface area contributed by atoms with Gasteiger partial charge < -0.3 is 10.4 Å². The van der Waals surface area contributed by atoms with Crippen LogP contribution in [-0.4, -0.2) is 23.2 Å². The summed E-state index contributed by atoms with van der Waals surface area (Å²) in [6, 6.07) is 0. The summed E-state index contributed by atoms with van der Waals surface area (Å²) in [5.74, 6) is 0.320. The van der Waals surface area contributed by atoms with Crippen molar-refractivity contribution >= 4 is 5.91 Å². The summed E-state index contributed by atoms with van der Waals surface area (Å²) < 4.78 is 0. The van der Waals surface area contributed by atoms with E-state index < -0.39 is 5.60 Å². The van der Waals surface area contributed by atoms with Crippen LogP contribution in [0.2, 0.25) is 0 Å². The molecule has 3 nitrogen and oxygen atoms in total. The van der Waals surface area contributed by atoms with Gasteiger partial charge in [-0.2, -0.15) is 0 Å². The minimum Gasteiger partial charge on any atom is -0.388 e. The van der Waals surface area contributed by atoms with Crippen molar-refractivity contribution in [2.24, 2.45) is 5.92 Å². The number of nitrogens with one attached hydrogen (secondary N) is 1. The second-order valence-electron chi connectivity index (χ2n) is 3.54. The molecule has 1 fully saturated rings. The Kier molecular flexibility index (Phi) is 2.18. The van der Waals surface area contributed by atoms with Crippen LogP contribution < -0.4 is 5.32 Å². The normalized spacial score (nSPS) is 22.5. The van der Waals surface area contributed by atoms with E-state index in [1.54, 1.807) is 6.92 Å². The van der Waals surface area contributed by atoms with Crippen molar-refractivity contribution in [3.05, 3.63) is 0 Å². The predicted octanol–water partition coefficient (Wildman–Crippen LogP) is 0.283. The fourth-order valence-electron chi connectivity index (χ4n) is 1.15. The second kappa shape index (κ2) is 2.81. The Bertz CT molecular complexity index is 161. The average molecular weight is 157 g/mol. The van der Waals surface area contributed by atoms with Gasteiger partial charge in [0.05, 0.1) is 5.60 Å². The first kappa shape index (κ1) is 8.53. The Balaban J connectivity index is 2.27. The summed E-state index contributed by atoms with van der Waals surface area (Å²) in [6.45, 7) is 3.62. The molecule has 1 aliphatic rings. The lowest BCUT2D eigenvalue weighted by atomic mass is 10.0. The first-order valence-electron chi connectivity index (χ1n) is 3.99. The molecule has 0 heterocycles. The van der Waals surface area contributed by atoms with Gasteiger partial charge in [-0.05, 0) is 25.7 Å². The van der Waals surface area contributed by atoms with Crippen LogP contribution in [0.4, 0.5) is 0 Å². The van der Waals surface area contributed by atoms with Crippen molar-refractivity contribution in [1.29, 1.82) is 0 Å². The van der Waals surface area contributed by atoms with Gasteiger partial charge in [0.15, 0.2) is 0 Å². The van der Waals surface area contributed by atoms with E-state index in [1.165, 1.54) is 6.92 Å². The van der Waals surface area contributed by atoms with Crippen molar-refractivity contribution in [2.45, 2.75) is 32.3 Å². The van der Waals surface area contributed by atoms with Crippen LogP contribution in [0.25, 0.3) is 0 Å². The minimum absolute atomic E-state index is 0.0778. The zero-order valence-corrected chi connectivity index (χ0v) is 7.05. The monoisotopic (exact) mass is 157 g/mol. The highest BCUT2D eigenvalue weighted by Gasteiger charge is 2.39. The van der Waals surface area contributed by atoms with Crippen molar-refractivity contribution in [3.8, 4) is 0 Å². The Morgan fingerprint density at radius 3 is 2.64 bits per heavy atom. The van der Waals surface area contributed by atoms with Crippen LogP contribution in [-0.2, 0) is 4.79 Å². The Morgan fingerprint density at radius 2 is 2.27 bits per heavy atom. The van der Waals surface area contributed by atoms with Crippen molar-refractivity contribution in [2.75, 3.05) is 6.54 Å². The van der Waals surface area contributed by atoms with Crippen LogP contribution in [0.3, 0.4) is 0 Å². The first-order chi connectivity index (χ1) is 5.02.